The summed E-state index contributed by atoms with van der Waals surface area (Å²) in [7, 11) is 0. The molecule has 2 aliphatic rings. The number of carbonyl (C=O) groups excluding carboxylic acids is 2. The van der Waals surface area contributed by atoms with Crippen molar-refractivity contribution in [2.75, 3.05) is 26.2 Å². The van der Waals surface area contributed by atoms with Crippen LogP contribution in [0.1, 0.15) is 47.4 Å². The molecule has 2 aliphatic heterocycles. The van der Waals surface area contributed by atoms with Crippen LogP contribution in [0.3, 0.4) is 0 Å². The molecular formula is C29H33N3O3. The van der Waals surface area contributed by atoms with Gasteiger partial charge in [0.1, 0.15) is 0 Å². The second kappa shape index (κ2) is 10.9. The van der Waals surface area contributed by atoms with Gasteiger partial charge in [-0.3, -0.25) is 14.5 Å². The van der Waals surface area contributed by atoms with Crippen LogP contribution in [-0.2, 0) is 17.9 Å². The molecule has 6 heteroatoms. The predicted molar refractivity (Wildman–Crippen MR) is 136 cm³/mol. The number of benzene rings is 2. The number of rotatable bonds is 7. The zero-order chi connectivity index (χ0) is 24.0. The second-order valence-corrected chi connectivity index (χ2v) is 9.60. The van der Waals surface area contributed by atoms with Gasteiger partial charge in [0.15, 0.2) is 5.76 Å². The second-order valence-electron chi connectivity index (χ2n) is 9.60. The minimum Gasteiger partial charge on any atom is -0.459 e. The molecule has 2 amide bonds. The maximum absolute atomic E-state index is 12.9. The van der Waals surface area contributed by atoms with Crippen molar-refractivity contribution in [2.24, 2.45) is 5.92 Å². The fraction of sp³-hybridized carbons (Fsp3) is 0.379. The molecule has 0 aliphatic carbocycles. The Kier molecular flexibility index (Phi) is 7.28. The fourth-order valence-corrected chi connectivity index (χ4v) is 5.17. The minimum absolute atomic E-state index is 0.0610. The van der Waals surface area contributed by atoms with E-state index in [1.165, 1.54) is 43.3 Å². The lowest BCUT2D eigenvalue weighted by Gasteiger charge is -2.30. The lowest BCUT2D eigenvalue weighted by molar-refractivity contribution is -0.126. The van der Waals surface area contributed by atoms with Gasteiger partial charge in [-0.15, -0.1) is 0 Å². The normalized spacial score (nSPS) is 17.0. The number of hydrogen-bond donors (Lipinski definition) is 1. The average molecular weight is 472 g/mol. The lowest BCUT2D eigenvalue weighted by Crippen LogP contribution is -2.42. The van der Waals surface area contributed by atoms with E-state index in [0.717, 1.165) is 17.7 Å². The van der Waals surface area contributed by atoms with Crippen LogP contribution in [0.15, 0.2) is 71.3 Å². The lowest BCUT2D eigenvalue weighted by atomic mass is 9.95. The summed E-state index contributed by atoms with van der Waals surface area (Å²) in [5.41, 5.74) is 4.78. The number of likely N-dealkylation sites (tertiary alicyclic amines) is 2. The third-order valence-corrected chi connectivity index (χ3v) is 7.23. The van der Waals surface area contributed by atoms with E-state index in [1.54, 1.807) is 17.0 Å². The quantitative estimate of drug-likeness (QED) is 0.542. The van der Waals surface area contributed by atoms with E-state index in [1.807, 2.05) is 12.1 Å². The number of nitrogens with zero attached hydrogens (tertiary/aromatic N) is 2. The summed E-state index contributed by atoms with van der Waals surface area (Å²) in [6.45, 7) is 5.04. The Labute approximate surface area is 206 Å². The Hall–Kier alpha value is -3.38. The molecular weight excluding hydrogens is 438 g/mol. The summed E-state index contributed by atoms with van der Waals surface area (Å²) in [6.07, 6.45) is 5.45. The van der Waals surface area contributed by atoms with Crippen molar-refractivity contribution in [1.29, 1.82) is 0 Å². The van der Waals surface area contributed by atoms with Gasteiger partial charge in [0.2, 0.25) is 5.91 Å². The van der Waals surface area contributed by atoms with Crippen molar-refractivity contribution in [1.82, 2.24) is 15.1 Å². The molecule has 0 saturated carbocycles. The van der Waals surface area contributed by atoms with E-state index in [9.17, 15) is 9.59 Å². The summed E-state index contributed by atoms with van der Waals surface area (Å²) < 4.78 is 5.22. The summed E-state index contributed by atoms with van der Waals surface area (Å²) >= 11 is 0. The highest BCUT2D eigenvalue weighted by Gasteiger charge is 2.28. The molecule has 182 valence electrons. The molecule has 2 saturated heterocycles. The van der Waals surface area contributed by atoms with Crippen LogP contribution in [0.2, 0.25) is 0 Å². The molecule has 0 atom stereocenters. The molecule has 3 aromatic rings. The third-order valence-electron chi connectivity index (χ3n) is 7.23. The first-order valence-electron chi connectivity index (χ1n) is 12.7. The zero-order valence-electron chi connectivity index (χ0n) is 20.1. The molecule has 0 radical (unpaired) electrons. The number of nitrogens with one attached hydrogen (secondary N) is 1. The standard InChI is InChI=1S/C29H33N3O3/c33-28(24-13-17-32(18-14-24)29(34)27-8-5-19-35-27)30-20-25-6-1-2-7-26(25)23-11-9-22(10-12-23)21-31-15-3-4-16-31/h1-2,5-12,19,24H,3-4,13-18,20-21H2,(H,30,33). The molecule has 2 aromatic carbocycles. The predicted octanol–water partition coefficient (Wildman–Crippen LogP) is 4.71. The van der Waals surface area contributed by atoms with Crippen molar-refractivity contribution >= 4 is 11.8 Å². The Balaban J connectivity index is 1.16. The number of hydrogen-bond acceptors (Lipinski definition) is 4. The summed E-state index contributed by atoms with van der Waals surface area (Å²) in [4.78, 5) is 29.6. The van der Waals surface area contributed by atoms with Crippen LogP contribution >= 0.6 is 0 Å². The number of furan rings is 1. The van der Waals surface area contributed by atoms with Crippen molar-refractivity contribution < 1.29 is 14.0 Å². The summed E-state index contributed by atoms with van der Waals surface area (Å²) in [5, 5.41) is 3.14. The van der Waals surface area contributed by atoms with Gasteiger partial charge < -0.3 is 14.6 Å². The molecule has 0 spiro atoms. The Morgan fingerprint density at radius 1 is 0.886 bits per heavy atom. The van der Waals surface area contributed by atoms with Crippen molar-refractivity contribution in [2.45, 2.75) is 38.8 Å². The summed E-state index contributed by atoms with van der Waals surface area (Å²) in [5.74, 6) is 0.237. The highest BCUT2D eigenvalue weighted by atomic mass is 16.3. The van der Waals surface area contributed by atoms with Crippen LogP contribution in [-0.4, -0.2) is 47.8 Å². The third kappa shape index (κ3) is 5.65. The maximum Gasteiger partial charge on any atom is 0.289 e. The van der Waals surface area contributed by atoms with Gasteiger partial charge in [-0.1, -0.05) is 48.5 Å². The van der Waals surface area contributed by atoms with Gasteiger partial charge in [0.25, 0.3) is 5.91 Å². The van der Waals surface area contributed by atoms with Gasteiger partial charge in [-0.25, -0.2) is 0 Å². The SMILES string of the molecule is O=C(NCc1ccccc1-c1ccc(CN2CCCC2)cc1)C1CCN(C(=O)c2ccco2)CC1. The monoisotopic (exact) mass is 471 g/mol. The van der Waals surface area contributed by atoms with E-state index in [-0.39, 0.29) is 17.7 Å². The van der Waals surface area contributed by atoms with Gasteiger partial charge in [-0.05, 0) is 73.2 Å². The Morgan fingerprint density at radius 3 is 2.34 bits per heavy atom. The maximum atomic E-state index is 12.9. The molecule has 0 unspecified atom stereocenters. The van der Waals surface area contributed by atoms with Crippen LogP contribution in [0, 0.1) is 5.92 Å². The fourth-order valence-electron chi connectivity index (χ4n) is 5.17. The van der Waals surface area contributed by atoms with Crippen LogP contribution in [0.4, 0.5) is 0 Å². The average Bonchev–Trinajstić information content (AvgIpc) is 3.63. The van der Waals surface area contributed by atoms with E-state index >= 15 is 0 Å². The molecule has 6 nitrogen and oxygen atoms in total. The molecule has 5 rings (SSSR count). The molecule has 1 aromatic heterocycles. The van der Waals surface area contributed by atoms with E-state index in [2.05, 4.69) is 46.6 Å². The van der Waals surface area contributed by atoms with Crippen LogP contribution in [0.25, 0.3) is 11.1 Å². The molecule has 3 heterocycles. The number of amides is 2. The van der Waals surface area contributed by atoms with Crippen molar-refractivity contribution in [3.63, 3.8) is 0 Å². The van der Waals surface area contributed by atoms with E-state index < -0.39 is 0 Å². The van der Waals surface area contributed by atoms with Gasteiger partial charge in [-0.2, -0.15) is 0 Å². The van der Waals surface area contributed by atoms with Gasteiger partial charge in [0, 0.05) is 32.1 Å². The highest BCUT2D eigenvalue weighted by molar-refractivity contribution is 5.91. The molecule has 2 fully saturated rings. The van der Waals surface area contributed by atoms with Crippen LogP contribution in [0.5, 0.6) is 0 Å². The minimum atomic E-state index is -0.103. The van der Waals surface area contributed by atoms with Crippen molar-refractivity contribution in [3.8, 4) is 11.1 Å². The van der Waals surface area contributed by atoms with Gasteiger partial charge >= 0.3 is 0 Å². The van der Waals surface area contributed by atoms with Crippen molar-refractivity contribution in [3.05, 3.63) is 83.8 Å². The first-order chi connectivity index (χ1) is 17.2. The van der Waals surface area contributed by atoms with Gasteiger partial charge in [0.05, 0.1) is 6.26 Å². The topological polar surface area (TPSA) is 65.8 Å². The van der Waals surface area contributed by atoms with E-state index in [0.29, 0.717) is 38.2 Å². The smallest absolute Gasteiger partial charge is 0.289 e. The summed E-state index contributed by atoms with van der Waals surface area (Å²) in [6, 6.07) is 20.5. The van der Waals surface area contributed by atoms with E-state index in [4.69, 9.17) is 4.42 Å². The Morgan fingerprint density at radius 2 is 1.63 bits per heavy atom. The molecule has 35 heavy (non-hydrogen) atoms. The first kappa shape index (κ1) is 23.4. The Bertz CT molecular complexity index is 1130. The van der Waals surface area contributed by atoms with Crippen LogP contribution < -0.4 is 5.32 Å². The number of carbonyl (C=O) groups is 2. The largest absolute Gasteiger partial charge is 0.459 e. The highest BCUT2D eigenvalue weighted by Crippen LogP contribution is 2.26. The zero-order valence-corrected chi connectivity index (χ0v) is 20.1. The first-order valence-corrected chi connectivity index (χ1v) is 12.7. The molecule has 1 N–H and O–H groups in total. The number of piperidine rings is 1. The molecule has 0 bridgehead atoms.